The molecule has 0 amide bonds. The van der Waals surface area contributed by atoms with Crippen molar-refractivity contribution in [1.82, 2.24) is 10.3 Å². The van der Waals surface area contributed by atoms with Crippen molar-refractivity contribution >= 4 is 22.9 Å². The predicted molar refractivity (Wildman–Crippen MR) is 72.1 cm³/mol. The van der Waals surface area contributed by atoms with Crippen LogP contribution in [0.2, 0.25) is 4.34 Å². The summed E-state index contributed by atoms with van der Waals surface area (Å²) in [5, 5.41) is 4.55. The summed E-state index contributed by atoms with van der Waals surface area (Å²) in [7, 11) is 0. The van der Waals surface area contributed by atoms with Gasteiger partial charge in [0.2, 0.25) is 0 Å². The fraction of sp³-hybridized carbons (Fsp3) is 0.750. The number of hydrogen-bond acceptors (Lipinski definition) is 3. The molecule has 1 aromatic rings. The molecular weight excluding hydrogens is 240 g/mol. The summed E-state index contributed by atoms with van der Waals surface area (Å²) in [6.45, 7) is 7.61. The first-order chi connectivity index (χ1) is 7.58. The summed E-state index contributed by atoms with van der Waals surface area (Å²) in [5.41, 5.74) is 0. The molecule has 1 aromatic heterocycles. The quantitative estimate of drug-likeness (QED) is 0.798. The molecule has 0 spiro atoms. The maximum Gasteiger partial charge on any atom is 0.113 e. The van der Waals surface area contributed by atoms with E-state index < -0.39 is 0 Å². The Morgan fingerprint density at radius 3 is 2.69 bits per heavy atom. The second kappa shape index (κ2) is 7.25. The molecule has 0 aliphatic carbocycles. The van der Waals surface area contributed by atoms with Gasteiger partial charge < -0.3 is 5.32 Å². The lowest BCUT2D eigenvalue weighted by Gasteiger charge is -2.13. The number of aromatic nitrogens is 1. The third-order valence-electron chi connectivity index (χ3n) is 2.55. The molecule has 1 heterocycles. The molecule has 0 bridgehead atoms. The van der Waals surface area contributed by atoms with E-state index in [1.54, 1.807) is 17.5 Å². The molecule has 2 nitrogen and oxygen atoms in total. The van der Waals surface area contributed by atoms with Gasteiger partial charge in [0.05, 0.1) is 6.20 Å². The van der Waals surface area contributed by atoms with Crippen molar-refractivity contribution in [3.8, 4) is 0 Å². The van der Waals surface area contributed by atoms with Gasteiger partial charge in [-0.15, -0.1) is 11.3 Å². The second-order valence-electron chi connectivity index (χ2n) is 4.66. The van der Waals surface area contributed by atoms with Gasteiger partial charge in [0.1, 0.15) is 9.34 Å². The zero-order valence-corrected chi connectivity index (χ0v) is 11.9. The maximum atomic E-state index is 5.82. The van der Waals surface area contributed by atoms with Gasteiger partial charge in [-0.05, 0) is 19.3 Å². The van der Waals surface area contributed by atoms with E-state index in [1.807, 2.05) is 0 Å². The van der Waals surface area contributed by atoms with Gasteiger partial charge >= 0.3 is 0 Å². The van der Waals surface area contributed by atoms with E-state index in [1.165, 1.54) is 19.3 Å². The highest BCUT2D eigenvalue weighted by molar-refractivity contribution is 7.15. The largest absolute Gasteiger partial charge is 0.308 e. The van der Waals surface area contributed by atoms with Gasteiger partial charge in [-0.25, -0.2) is 4.98 Å². The van der Waals surface area contributed by atoms with E-state index in [0.29, 0.717) is 6.04 Å². The molecule has 0 aliphatic heterocycles. The molecule has 1 N–H and O–H groups in total. The lowest BCUT2D eigenvalue weighted by Crippen LogP contribution is -2.25. The van der Waals surface area contributed by atoms with Crippen LogP contribution in [0.15, 0.2) is 6.20 Å². The number of nitrogens with one attached hydrogen (secondary N) is 1. The molecule has 1 rings (SSSR count). The van der Waals surface area contributed by atoms with Crippen LogP contribution in [0.25, 0.3) is 0 Å². The average molecular weight is 261 g/mol. The first kappa shape index (κ1) is 13.9. The van der Waals surface area contributed by atoms with Crippen LogP contribution in [0, 0.1) is 5.92 Å². The van der Waals surface area contributed by atoms with Crippen LogP contribution in [-0.4, -0.2) is 11.0 Å². The Morgan fingerprint density at radius 1 is 1.38 bits per heavy atom. The SMILES string of the molecule is CC(C)CCCC(C)NCc1ncc(Cl)s1. The number of thiazole rings is 1. The molecule has 1 unspecified atom stereocenters. The summed E-state index contributed by atoms with van der Waals surface area (Å²) >= 11 is 7.37. The number of rotatable bonds is 7. The molecular formula is C12H21ClN2S. The smallest absolute Gasteiger partial charge is 0.113 e. The summed E-state index contributed by atoms with van der Waals surface area (Å²) < 4.78 is 0.768. The molecule has 16 heavy (non-hydrogen) atoms. The monoisotopic (exact) mass is 260 g/mol. The number of hydrogen-bond donors (Lipinski definition) is 1. The third-order valence-corrected chi connectivity index (χ3v) is 3.66. The van der Waals surface area contributed by atoms with Crippen LogP contribution >= 0.6 is 22.9 Å². The van der Waals surface area contributed by atoms with Gasteiger partial charge in [-0.3, -0.25) is 0 Å². The molecule has 0 radical (unpaired) electrons. The predicted octanol–water partition coefficient (Wildman–Crippen LogP) is 4.10. The Bertz CT molecular complexity index is 299. The van der Waals surface area contributed by atoms with Crippen molar-refractivity contribution < 1.29 is 0 Å². The molecule has 0 saturated heterocycles. The van der Waals surface area contributed by atoms with E-state index in [0.717, 1.165) is 21.8 Å². The Hall–Kier alpha value is -0.120. The van der Waals surface area contributed by atoms with Crippen molar-refractivity contribution in [2.75, 3.05) is 0 Å². The van der Waals surface area contributed by atoms with Gasteiger partial charge in [-0.2, -0.15) is 0 Å². The molecule has 92 valence electrons. The van der Waals surface area contributed by atoms with Crippen molar-refractivity contribution in [2.24, 2.45) is 5.92 Å². The van der Waals surface area contributed by atoms with Gasteiger partial charge in [-0.1, -0.05) is 38.3 Å². The molecule has 0 fully saturated rings. The Morgan fingerprint density at radius 2 is 2.12 bits per heavy atom. The lowest BCUT2D eigenvalue weighted by atomic mass is 10.0. The fourth-order valence-corrected chi connectivity index (χ4v) is 2.47. The van der Waals surface area contributed by atoms with E-state index in [9.17, 15) is 0 Å². The van der Waals surface area contributed by atoms with Crippen LogP contribution in [-0.2, 0) is 6.54 Å². The van der Waals surface area contributed by atoms with Crippen LogP contribution in [0.1, 0.15) is 45.0 Å². The highest BCUT2D eigenvalue weighted by Crippen LogP contribution is 2.18. The minimum Gasteiger partial charge on any atom is -0.308 e. The van der Waals surface area contributed by atoms with Crippen LogP contribution in [0.4, 0.5) is 0 Å². The van der Waals surface area contributed by atoms with E-state index in [4.69, 9.17) is 11.6 Å². The molecule has 4 heteroatoms. The molecule has 0 aliphatic rings. The van der Waals surface area contributed by atoms with Gasteiger partial charge in [0.15, 0.2) is 0 Å². The number of halogens is 1. The summed E-state index contributed by atoms with van der Waals surface area (Å²) in [6, 6.07) is 0.557. The van der Waals surface area contributed by atoms with E-state index in [-0.39, 0.29) is 0 Å². The Balaban J connectivity index is 2.12. The summed E-state index contributed by atoms with van der Waals surface area (Å²) in [5.74, 6) is 0.810. The summed E-state index contributed by atoms with van der Waals surface area (Å²) in [4.78, 5) is 4.22. The van der Waals surface area contributed by atoms with Gasteiger partial charge in [0, 0.05) is 12.6 Å². The van der Waals surface area contributed by atoms with Crippen LogP contribution < -0.4 is 5.32 Å². The first-order valence-corrected chi connectivity index (χ1v) is 7.11. The van der Waals surface area contributed by atoms with Crippen molar-refractivity contribution in [3.05, 3.63) is 15.5 Å². The van der Waals surface area contributed by atoms with Gasteiger partial charge in [0.25, 0.3) is 0 Å². The van der Waals surface area contributed by atoms with Crippen LogP contribution in [0.5, 0.6) is 0 Å². The minimum atomic E-state index is 0.557. The highest BCUT2D eigenvalue weighted by atomic mass is 35.5. The first-order valence-electron chi connectivity index (χ1n) is 5.91. The standard InChI is InChI=1S/C12H21ClN2S/c1-9(2)5-4-6-10(3)14-8-12-15-7-11(13)16-12/h7,9-10,14H,4-6,8H2,1-3H3. The fourth-order valence-electron chi connectivity index (χ4n) is 1.57. The zero-order valence-electron chi connectivity index (χ0n) is 10.3. The second-order valence-corrected chi connectivity index (χ2v) is 6.41. The van der Waals surface area contributed by atoms with Crippen molar-refractivity contribution in [3.63, 3.8) is 0 Å². The molecule has 0 aromatic carbocycles. The van der Waals surface area contributed by atoms with E-state index >= 15 is 0 Å². The Labute approximate surface area is 107 Å². The van der Waals surface area contributed by atoms with E-state index in [2.05, 4.69) is 31.1 Å². The zero-order chi connectivity index (χ0) is 12.0. The normalized spacial score (nSPS) is 13.3. The molecule has 0 saturated carbocycles. The van der Waals surface area contributed by atoms with Crippen molar-refractivity contribution in [2.45, 2.75) is 52.6 Å². The Kier molecular flexibility index (Phi) is 6.32. The minimum absolute atomic E-state index is 0.557. The van der Waals surface area contributed by atoms with Crippen molar-refractivity contribution in [1.29, 1.82) is 0 Å². The summed E-state index contributed by atoms with van der Waals surface area (Å²) in [6.07, 6.45) is 5.56. The topological polar surface area (TPSA) is 24.9 Å². The average Bonchev–Trinajstić information content (AvgIpc) is 2.61. The number of nitrogens with zero attached hydrogens (tertiary/aromatic N) is 1. The third kappa shape index (κ3) is 5.83. The maximum absolute atomic E-state index is 5.82. The lowest BCUT2D eigenvalue weighted by molar-refractivity contribution is 0.457. The van der Waals surface area contributed by atoms with Crippen LogP contribution in [0.3, 0.4) is 0 Å². The molecule has 1 atom stereocenters. The highest BCUT2D eigenvalue weighted by Gasteiger charge is 2.04.